The van der Waals surface area contributed by atoms with Gasteiger partial charge >= 0.3 is 0 Å². The molecule has 2 aliphatic rings. The van der Waals surface area contributed by atoms with Crippen molar-refractivity contribution in [2.45, 2.75) is 63.5 Å². The van der Waals surface area contributed by atoms with E-state index in [0.29, 0.717) is 12.0 Å². The van der Waals surface area contributed by atoms with E-state index in [1.807, 2.05) is 12.1 Å². The van der Waals surface area contributed by atoms with E-state index in [1.54, 1.807) is 0 Å². The normalized spacial score (nSPS) is 23.9. The molecule has 2 fully saturated rings. The summed E-state index contributed by atoms with van der Waals surface area (Å²) in [5.74, 6) is 2.53. The largest absolute Gasteiger partial charge is 0.342 e. The van der Waals surface area contributed by atoms with Gasteiger partial charge < -0.3 is 20.6 Å². The van der Waals surface area contributed by atoms with E-state index in [4.69, 9.17) is 9.97 Å². The SMILES string of the molecule is CCC1(c2nc3ccc(-c4ccc(-c5ccc6nc(C7CCCNC7C)[nH]c6c5)nn4)cc3[nH]2)CCCN1. The molecule has 8 heteroatoms. The molecule has 2 aromatic carbocycles. The Hall–Kier alpha value is -3.62. The number of rotatable bonds is 5. The number of aromatic nitrogens is 6. The molecule has 0 amide bonds. The molecule has 4 N–H and O–H groups in total. The van der Waals surface area contributed by atoms with Crippen molar-refractivity contribution in [3.05, 3.63) is 60.2 Å². The van der Waals surface area contributed by atoms with Gasteiger partial charge in [0.25, 0.3) is 0 Å². The molecular formula is C30H34N8. The lowest BCUT2D eigenvalue weighted by molar-refractivity contribution is 0.357. The van der Waals surface area contributed by atoms with E-state index in [-0.39, 0.29) is 5.54 Å². The van der Waals surface area contributed by atoms with Crippen molar-refractivity contribution >= 4 is 22.1 Å². The fraction of sp³-hybridized carbons (Fsp3) is 0.400. The molecule has 0 radical (unpaired) electrons. The third kappa shape index (κ3) is 3.99. The predicted octanol–water partition coefficient (Wildman–Crippen LogP) is 5.41. The van der Waals surface area contributed by atoms with Gasteiger partial charge in [-0.25, -0.2) is 9.97 Å². The Morgan fingerprint density at radius 2 is 1.55 bits per heavy atom. The van der Waals surface area contributed by atoms with Crippen LogP contribution in [-0.4, -0.2) is 49.3 Å². The topological polar surface area (TPSA) is 107 Å². The summed E-state index contributed by atoms with van der Waals surface area (Å²) in [7, 11) is 0. The van der Waals surface area contributed by atoms with E-state index in [0.717, 1.165) is 88.6 Å². The molecule has 3 unspecified atom stereocenters. The molecule has 38 heavy (non-hydrogen) atoms. The fourth-order valence-corrected chi connectivity index (χ4v) is 6.30. The lowest BCUT2D eigenvalue weighted by Gasteiger charge is -2.28. The monoisotopic (exact) mass is 506 g/mol. The van der Waals surface area contributed by atoms with Crippen LogP contribution in [0.4, 0.5) is 0 Å². The summed E-state index contributed by atoms with van der Waals surface area (Å²) in [5, 5.41) is 16.4. The molecule has 3 atom stereocenters. The number of imidazole rings is 2. The molecular weight excluding hydrogens is 472 g/mol. The van der Waals surface area contributed by atoms with Crippen LogP contribution in [0.1, 0.15) is 63.5 Å². The third-order valence-corrected chi connectivity index (χ3v) is 8.65. The van der Waals surface area contributed by atoms with Gasteiger partial charge in [-0.3, -0.25) is 0 Å². The molecule has 2 aliphatic heterocycles. The van der Waals surface area contributed by atoms with Crippen molar-refractivity contribution in [2.24, 2.45) is 0 Å². The van der Waals surface area contributed by atoms with Gasteiger partial charge in [0.05, 0.1) is 39.0 Å². The zero-order valence-corrected chi connectivity index (χ0v) is 22.0. The second-order valence-corrected chi connectivity index (χ2v) is 10.9. The first-order valence-electron chi connectivity index (χ1n) is 13.9. The van der Waals surface area contributed by atoms with Crippen LogP contribution < -0.4 is 10.6 Å². The maximum absolute atomic E-state index is 4.92. The van der Waals surface area contributed by atoms with Crippen molar-refractivity contribution in [3.8, 4) is 22.5 Å². The summed E-state index contributed by atoms with van der Waals surface area (Å²) in [5.41, 5.74) is 7.78. The molecule has 5 heterocycles. The molecule has 5 aromatic rings. The zero-order chi connectivity index (χ0) is 25.7. The highest BCUT2D eigenvalue weighted by molar-refractivity contribution is 5.83. The van der Waals surface area contributed by atoms with Crippen LogP contribution >= 0.6 is 0 Å². The van der Waals surface area contributed by atoms with Gasteiger partial charge in [0.1, 0.15) is 11.6 Å². The van der Waals surface area contributed by atoms with Crippen LogP contribution in [0.5, 0.6) is 0 Å². The van der Waals surface area contributed by atoms with E-state index >= 15 is 0 Å². The summed E-state index contributed by atoms with van der Waals surface area (Å²) in [4.78, 5) is 17.0. The van der Waals surface area contributed by atoms with E-state index in [2.05, 4.69) is 81.0 Å². The number of nitrogens with one attached hydrogen (secondary N) is 4. The number of piperidine rings is 1. The average molecular weight is 507 g/mol. The highest BCUT2D eigenvalue weighted by atomic mass is 15.1. The summed E-state index contributed by atoms with van der Waals surface area (Å²) >= 11 is 0. The maximum atomic E-state index is 4.92. The van der Waals surface area contributed by atoms with Crippen LogP contribution in [0, 0.1) is 0 Å². The highest BCUT2D eigenvalue weighted by Gasteiger charge is 2.36. The second-order valence-electron chi connectivity index (χ2n) is 10.9. The molecule has 194 valence electrons. The Morgan fingerprint density at radius 1 is 0.842 bits per heavy atom. The summed E-state index contributed by atoms with van der Waals surface area (Å²) in [6.07, 6.45) is 5.67. The van der Waals surface area contributed by atoms with Crippen LogP contribution in [0.25, 0.3) is 44.6 Å². The Labute approximate surface area is 222 Å². The first-order valence-corrected chi connectivity index (χ1v) is 13.9. The molecule has 3 aromatic heterocycles. The smallest absolute Gasteiger partial charge is 0.127 e. The van der Waals surface area contributed by atoms with Crippen LogP contribution in [-0.2, 0) is 5.54 Å². The summed E-state index contributed by atoms with van der Waals surface area (Å²) in [6.45, 7) is 6.61. The lowest BCUT2D eigenvalue weighted by atomic mass is 9.91. The quantitative estimate of drug-likeness (QED) is 0.254. The van der Waals surface area contributed by atoms with E-state index < -0.39 is 0 Å². The van der Waals surface area contributed by atoms with Crippen LogP contribution in [0.3, 0.4) is 0 Å². The van der Waals surface area contributed by atoms with Gasteiger partial charge in [0, 0.05) is 23.1 Å². The third-order valence-electron chi connectivity index (χ3n) is 8.65. The fourth-order valence-electron chi connectivity index (χ4n) is 6.30. The number of hydrogen-bond acceptors (Lipinski definition) is 6. The van der Waals surface area contributed by atoms with E-state index in [9.17, 15) is 0 Å². The number of aromatic amines is 2. The van der Waals surface area contributed by atoms with Crippen LogP contribution in [0.2, 0.25) is 0 Å². The summed E-state index contributed by atoms with van der Waals surface area (Å²) in [6, 6.07) is 17.1. The number of hydrogen-bond donors (Lipinski definition) is 4. The van der Waals surface area contributed by atoms with Crippen molar-refractivity contribution < 1.29 is 0 Å². The average Bonchev–Trinajstić information content (AvgIpc) is 3.71. The van der Waals surface area contributed by atoms with Gasteiger partial charge in [-0.05, 0) is 88.5 Å². The number of nitrogens with zero attached hydrogens (tertiary/aromatic N) is 4. The van der Waals surface area contributed by atoms with Crippen molar-refractivity contribution in [2.75, 3.05) is 13.1 Å². The zero-order valence-electron chi connectivity index (χ0n) is 22.0. The Bertz CT molecular complexity index is 1590. The first-order chi connectivity index (χ1) is 18.6. The van der Waals surface area contributed by atoms with Gasteiger partial charge in [-0.1, -0.05) is 19.1 Å². The maximum Gasteiger partial charge on any atom is 0.127 e. The molecule has 0 aliphatic carbocycles. The Kier molecular flexibility index (Phi) is 5.74. The number of H-pyrrole nitrogens is 2. The molecule has 7 rings (SSSR count). The second kappa shape index (κ2) is 9.29. The van der Waals surface area contributed by atoms with Gasteiger partial charge in [-0.15, -0.1) is 10.2 Å². The molecule has 0 bridgehead atoms. The molecule has 2 saturated heterocycles. The Morgan fingerprint density at radius 3 is 2.18 bits per heavy atom. The van der Waals surface area contributed by atoms with Crippen molar-refractivity contribution in [1.82, 2.24) is 40.8 Å². The summed E-state index contributed by atoms with van der Waals surface area (Å²) < 4.78 is 0. The lowest BCUT2D eigenvalue weighted by Crippen LogP contribution is -2.37. The van der Waals surface area contributed by atoms with Gasteiger partial charge in [0.15, 0.2) is 0 Å². The molecule has 0 spiro atoms. The number of fused-ring (bicyclic) bond motifs is 2. The van der Waals surface area contributed by atoms with Gasteiger partial charge in [-0.2, -0.15) is 0 Å². The Balaban J connectivity index is 1.15. The first kappa shape index (κ1) is 23.5. The van der Waals surface area contributed by atoms with Gasteiger partial charge in [0.2, 0.25) is 0 Å². The van der Waals surface area contributed by atoms with Crippen molar-refractivity contribution in [1.29, 1.82) is 0 Å². The standard InChI is InChI=1S/C30H34N8/c1-3-30(13-5-15-32-30)29-35-25-10-8-20(17-27(25)36-29)23-12-11-22(37-38-23)19-7-9-24-26(16-19)34-28(33-24)21-6-4-14-31-18(21)2/h7-12,16-18,21,31-32H,3-6,13-15H2,1-2H3,(H,33,34)(H,35,36). The number of benzene rings is 2. The van der Waals surface area contributed by atoms with E-state index in [1.165, 1.54) is 12.8 Å². The molecule has 8 nitrogen and oxygen atoms in total. The minimum absolute atomic E-state index is 0.0390. The van der Waals surface area contributed by atoms with Crippen LogP contribution in [0.15, 0.2) is 48.5 Å². The minimum Gasteiger partial charge on any atom is -0.342 e. The molecule has 0 saturated carbocycles. The highest BCUT2D eigenvalue weighted by Crippen LogP contribution is 2.34. The minimum atomic E-state index is -0.0390. The predicted molar refractivity (Wildman–Crippen MR) is 151 cm³/mol. The van der Waals surface area contributed by atoms with Crippen molar-refractivity contribution in [3.63, 3.8) is 0 Å².